The highest BCUT2D eigenvalue weighted by molar-refractivity contribution is 9.10. The second-order valence-electron chi connectivity index (χ2n) is 4.79. The summed E-state index contributed by atoms with van der Waals surface area (Å²) in [5.41, 5.74) is 2.23. The highest BCUT2D eigenvalue weighted by atomic mass is 79.9. The molecular weight excluding hydrogens is 338 g/mol. The van der Waals surface area contributed by atoms with Gasteiger partial charge in [-0.15, -0.1) is 0 Å². The summed E-state index contributed by atoms with van der Waals surface area (Å²) >= 11 is 9.40. The van der Waals surface area contributed by atoms with Gasteiger partial charge in [-0.25, -0.2) is 0 Å². The normalized spacial score (nSPS) is 10.7. The monoisotopic (exact) mass is 353 g/mol. The van der Waals surface area contributed by atoms with Gasteiger partial charge in [-0.1, -0.05) is 17.7 Å². The lowest BCUT2D eigenvalue weighted by atomic mass is 10.2. The fourth-order valence-corrected chi connectivity index (χ4v) is 2.32. The molecule has 0 saturated carbocycles. The van der Waals surface area contributed by atoms with Crippen LogP contribution in [0.1, 0.15) is 19.4 Å². The molecule has 0 unspecified atom stereocenters. The Bertz CT molecular complexity index is 569. The predicted molar refractivity (Wildman–Crippen MR) is 88.7 cm³/mol. The Morgan fingerprint density at radius 3 is 2.45 bits per heavy atom. The molecule has 2 aromatic carbocycles. The molecule has 20 heavy (non-hydrogen) atoms. The molecule has 0 aliphatic carbocycles. The van der Waals surface area contributed by atoms with Crippen molar-refractivity contribution in [2.75, 3.05) is 5.32 Å². The van der Waals surface area contributed by atoms with Crippen LogP contribution in [0.3, 0.4) is 0 Å². The molecule has 0 radical (unpaired) electrons. The van der Waals surface area contributed by atoms with Crippen molar-refractivity contribution in [3.8, 4) is 5.75 Å². The van der Waals surface area contributed by atoms with Gasteiger partial charge in [0.1, 0.15) is 5.75 Å². The molecule has 2 aromatic rings. The van der Waals surface area contributed by atoms with E-state index in [1.807, 2.05) is 56.3 Å². The number of hydrogen-bond acceptors (Lipinski definition) is 2. The minimum atomic E-state index is 0.195. The average Bonchev–Trinajstić information content (AvgIpc) is 2.41. The van der Waals surface area contributed by atoms with Crippen LogP contribution in [0.5, 0.6) is 5.75 Å². The van der Waals surface area contributed by atoms with Gasteiger partial charge in [0, 0.05) is 16.7 Å². The predicted octanol–water partition coefficient (Wildman–Crippen LogP) is 5.50. The van der Waals surface area contributed by atoms with E-state index in [-0.39, 0.29) is 6.10 Å². The molecule has 0 aliphatic rings. The largest absolute Gasteiger partial charge is 0.491 e. The third-order valence-electron chi connectivity index (χ3n) is 2.71. The Labute approximate surface area is 133 Å². The maximum Gasteiger partial charge on any atom is 0.119 e. The summed E-state index contributed by atoms with van der Waals surface area (Å²) in [6, 6.07) is 13.9. The number of anilines is 1. The molecule has 2 rings (SSSR count). The molecule has 0 bridgehead atoms. The van der Waals surface area contributed by atoms with Crippen molar-refractivity contribution >= 4 is 33.2 Å². The topological polar surface area (TPSA) is 21.3 Å². The van der Waals surface area contributed by atoms with Gasteiger partial charge in [-0.2, -0.15) is 0 Å². The summed E-state index contributed by atoms with van der Waals surface area (Å²) in [5, 5.41) is 4.09. The number of benzene rings is 2. The molecule has 1 N–H and O–H groups in total. The first-order valence-electron chi connectivity index (χ1n) is 6.49. The van der Waals surface area contributed by atoms with Crippen LogP contribution in [0, 0.1) is 0 Å². The van der Waals surface area contributed by atoms with Gasteiger partial charge in [0.2, 0.25) is 0 Å². The van der Waals surface area contributed by atoms with E-state index in [9.17, 15) is 0 Å². The van der Waals surface area contributed by atoms with E-state index in [4.69, 9.17) is 16.3 Å². The van der Waals surface area contributed by atoms with Crippen LogP contribution in [-0.2, 0) is 6.54 Å². The molecule has 106 valence electrons. The van der Waals surface area contributed by atoms with E-state index >= 15 is 0 Å². The van der Waals surface area contributed by atoms with Crippen molar-refractivity contribution in [2.24, 2.45) is 0 Å². The van der Waals surface area contributed by atoms with Crippen LogP contribution in [0.2, 0.25) is 5.02 Å². The molecule has 0 aromatic heterocycles. The number of halogens is 2. The maximum atomic E-state index is 5.98. The van der Waals surface area contributed by atoms with E-state index < -0.39 is 0 Å². The van der Waals surface area contributed by atoms with E-state index in [2.05, 4.69) is 21.2 Å². The van der Waals surface area contributed by atoms with Crippen LogP contribution in [0.15, 0.2) is 46.9 Å². The summed E-state index contributed by atoms with van der Waals surface area (Å²) in [4.78, 5) is 0. The first-order valence-corrected chi connectivity index (χ1v) is 7.66. The van der Waals surface area contributed by atoms with Gasteiger partial charge in [0.25, 0.3) is 0 Å². The molecule has 0 aliphatic heterocycles. The molecule has 0 amide bonds. The van der Waals surface area contributed by atoms with Gasteiger partial charge >= 0.3 is 0 Å². The smallest absolute Gasteiger partial charge is 0.119 e. The fourth-order valence-electron chi connectivity index (χ4n) is 1.78. The molecule has 2 nitrogen and oxygen atoms in total. The second-order valence-corrected chi connectivity index (χ2v) is 6.05. The zero-order chi connectivity index (χ0) is 14.5. The standard InChI is InChI=1S/C16H17BrClNO/c1-11(2)20-14-6-4-13(5-7-14)19-10-12-3-8-16(18)15(17)9-12/h3-9,11,19H,10H2,1-2H3. The van der Waals surface area contributed by atoms with E-state index in [0.29, 0.717) is 0 Å². The Morgan fingerprint density at radius 1 is 1.15 bits per heavy atom. The highest BCUT2D eigenvalue weighted by Crippen LogP contribution is 2.24. The summed E-state index contributed by atoms with van der Waals surface area (Å²) < 4.78 is 6.53. The Balaban J connectivity index is 1.95. The molecule has 4 heteroatoms. The van der Waals surface area contributed by atoms with Crippen LogP contribution < -0.4 is 10.1 Å². The van der Waals surface area contributed by atoms with Crippen molar-refractivity contribution in [2.45, 2.75) is 26.5 Å². The van der Waals surface area contributed by atoms with Crippen molar-refractivity contribution in [1.29, 1.82) is 0 Å². The van der Waals surface area contributed by atoms with Crippen molar-refractivity contribution < 1.29 is 4.74 Å². The van der Waals surface area contributed by atoms with Crippen LogP contribution in [-0.4, -0.2) is 6.10 Å². The molecular formula is C16H17BrClNO. The van der Waals surface area contributed by atoms with Gasteiger partial charge in [-0.05, 0) is 71.7 Å². The van der Waals surface area contributed by atoms with Crippen LogP contribution >= 0.6 is 27.5 Å². The lowest BCUT2D eigenvalue weighted by molar-refractivity contribution is 0.242. The Kier molecular flexibility index (Phi) is 5.32. The second kappa shape index (κ2) is 7.00. The molecule has 0 spiro atoms. The third-order valence-corrected chi connectivity index (χ3v) is 3.92. The lowest BCUT2D eigenvalue weighted by Crippen LogP contribution is -2.05. The Hall–Kier alpha value is -1.19. The number of ether oxygens (including phenoxy) is 1. The summed E-state index contributed by atoms with van der Waals surface area (Å²) in [7, 11) is 0. The van der Waals surface area contributed by atoms with Crippen molar-refractivity contribution in [3.05, 3.63) is 57.5 Å². The van der Waals surface area contributed by atoms with Crippen molar-refractivity contribution in [1.82, 2.24) is 0 Å². The van der Waals surface area contributed by atoms with E-state index in [1.165, 1.54) is 5.56 Å². The minimum Gasteiger partial charge on any atom is -0.491 e. The van der Waals surface area contributed by atoms with Crippen LogP contribution in [0.4, 0.5) is 5.69 Å². The van der Waals surface area contributed by atoms with E-state index in [1.54, 1.807) is 0 Å². The zero-order valence-corrected chi connectivity index (χ0v) is 13.8. The summed E-state index contributed by atoms with van der Waals surface area (Å²) in [5.74, 6) is 0.889. The fraction of sp³-hybridized carbons (Fsp3) is 0.250. The van der Waals surface area contributed by atoms with Gasteiger partial charge < -0.3 is 10.1 Å². The number of nitrogens with one attached hydrogen (secondary N) is 1. The first-order chi connectivity index (χ1) is 9.54. The SMILES string of the molecule is CC(C)Oc1ccc(NCc2ccc(Cl)c(Br)c2)cc1. The molecule has 0 saturated heterocycles. The quantitative estimate of drug-likeness (QED) is 0.765. The summed E-state index contributed by atoms with van der Waals surface area (Å²) in [6.07, 6.45) is 0.195. The molecule has 0 heterocycles. The number of rotatable bonds is 5. The van der Waals surface area contributed by atoms with Crippen molar-refractivity contribution in [3.63, 3.8) is 0 Å². The first kappa shape index (κ1) is 15.2. The highest BCUT2D eigenvalue weighted by Gasteiger charge is 2.00. The zero-order valence-electron chi connectivity index (χ0n) is 11.5. The Morgan fingerprint density at radius 2 is 1.85 bits per heavy atom. The molecule has 0 fully saturated rings. The van der Waals surface area contributed by atoms with Gasteiger partial charge in [0.15, 0.2) is 0 Å². The van der Waals surface area contributed by atoms with E-state index in [0.717, 1.165) is 27.5 Å². The lowest BCUT2D eigenvalue weighted by Gasteiger charge is -2.11. The van der Waals surface area contributed by atoms with Crippen LogP contribution in [0.25, 0.3) is 0 Å². The van der Waals surface area contributed by atoms with Gasteiger partial charge in [0.05, 0.1) is 11.1 Å². The average molecular weight is 355 g/mol. The molecule has 0 atom stereocenters. The summed E-state index contributed by atoms with van der Waals surface area (Å²) in [6.45, 7) is 4.79. The minimum absolute atomic E-state index is 0.195. The maximum absolute atomic E-state index is 5.98. The number of hydrogen-bond donors (Lipinski definition) is 1. The third kappa shape index (κ3) is 4.43. The van der Waals surface area contributed by atoms with Gasteiger partial charge in [-0.3, -0.25) is 0 Å².